The van der Waals surface area contributed by atoms with Crippen LogP contribution in [0, 0.1) is 10.8 Å². The molecule has 0 amide bonds. The van der Waals surface area contributed by atoms with Crippen molar-refractivity contribution >= 4 is 44.2 Å². The molecular formula is C21H17Cl2FN3O2P. The van der Waals surface area contributed by atoms with Gasteiger partial charge in [0.25, 0.3) is 0 Å². The lowest BCUT2D eigenvalue weighted by Crippen LogP contribution is -2.18. The second-order valence-corrected chi connectivity index (χ2v) is 8.43. The molecular weight excluding hydrogens is 447 g/mol. The normalized spacial score (nSPS) is 12.7. The predicted molar refractivity (Wildman–Crippen MR) is 120 cm³/mol. The van der Waals surface area contributed by atoms with Crippen LogP contribution in [0.15, 0.2) is 60.8 Å². The van der Waals surface area contributed by atoms with Crippen LogP contribution < -0.4 is 4.74 Å². The average Bonchev–Trinajstić information content (AvgIpc) is 2.69. The minimum atomic E-state index is -1.90. The number of hydrogen-bond donors (Lipinski definition) is 2. The maximum Gasteiger partial charge on any atom is 0.223 e. The second kappa shape index (κ2) is 9.09. The SMILES string of the molecule is CC(F)(P)c1cc(Oc2ccc(Cl)cc2)ncc1C(=N)OC(=N)c1cccc(Cl)c1. The molecule has 2 atom stereocenters. The van der Waals surface area contributed by atoms with Gasteiger partial charge in [0.05, 0.1) is 5.56 Å². The second-order valence-electron chi connectivity index (χ2n) is 6.47. The van der Waals surface area contributed by atoms with E-state index in [-0.39, 0.29) is 22.9 Å². The average molecular weight is 464 g/mol. The van der Waals surface area contributed by atoms with Gasteiger partial charge in [-0.2, -0.15) is 0 Å². The van der Waals surface area contributed by atoms with Crippen LogP contribution >= 0.6 is 32.4 Å². The van der Waals surface area contributed by atoms with Crippen molar-refractivity contribution in [1.82, 2.24) is 4.98 Å². The summed E-state index contributed by atoms with van der Waals surface area (Å²) in [5.74, 6) is -0.102. The standard InChI is InChI=1S/C21H17Cl2FN3O2P/c1-21(24,30)17-10-18(28-15-7-5-13(22)6-8-15)27-11-16(17)20(26)29-19(25)12-3-2-4-14(23)9-12/h2-11,25-26H,30H2,1H3. The number of nitrogens with zero attached hydrogens (tertiary/aromatic N) is 1. The summed E-state index contributed by atoms with van der Waals surface area (Å²) in [7, 11) is 2.07. The van der Waals surface area contributed by atoms with E-state index in [2.05, 4.69) is 14.2 Å². The molecule has 3 rings (SSSR count). The Morgan fingerprint density at radius 3 is 2.37 bits per heavy atom. The molecule has 0 radical (unpaired) electrons. The molecule has 0 bridgehead atoms. The topological polar surface area (TPSA) is 79.1 Å². The van der Waals surface area contributed by atoms with Crippen LogP contribution in [0.3, 0.4) is 0 Å². The predicted octanol–water partition coefficient (Wildman–Crippen LogP) is 6.57. The zero-order chi connectivity index (χ0) is 21.9. The lowest BCUT2D eigenvalue weighted by Gasteiger charge is -2.20. The van der Waals surface area contributed by atoms with Gasteiger partial charge in [-0.15, -0.1) is 0 Å². The van der Waals surface area contributed by atoms with Gasteiger partial charge >= 0.3 is 0 Å². The van der Waals surface area contributed by atoms with Gasteiger partial charge in [-0.25, -0.2) is 9.37 Å². The van der Waals surface area contributed by atoms with E-state index < -0.39 is 11.3 Å². The Hall–Kier alpha value is -2.53. The molecule has 2 aromatic carbocycles. The summed E-state index contributed by atoms with van der Waals surface area (Å²) >= 11 is 11.8. The first kappa shape index (κ1) is 22.2. The van der Waals surface area contributed by atoms with Gasteiger partial charge in [-0.3, -0.25) is 10.8 Å². The van der Waals surface area contributed by atoms with E-state index in [4.69, 9.17) is 43.5 Å². The van der Waals surface area contributed by atoms with Crippen LogP contribution in [0.25, 0.3) is 0 Å². The Morgan fingerprint density at radius 1 is 1.03 bits per heavy atom. The third-order valence-electron chi connectivity index (χ3n) is 3.98. The summed E-state index contributed by atoms with van der Waals surface area (Å²) in [5, 5.41) is 15.4. The number of aromatic nitrogens is 1. The molecule has 30 heavy (non-hydrogen) atoms. The van der Waals surface area contributed by atoms with Crippen molar-refractivity contribution in [3.63, 3.8) is 0 Å². The molecule has 1 heterocycles. The van der Waals surface area contributed by atoms with E-state index in [0.29, 0.717) is 21.4 Å². The van der Waals surface area contributed by atoms with Crippen LogP contribution in [-0.2, 0) is 10.1 Å². The molecule has 2 N–H and O–H groups in total. The minimum Gasteiger partial charge on any atom is -0.439 e. The zero-order valence-corrected chi connectivity index (χ0v) is 18.4. The molecule has 0 aliphatic heterocycles. The molecule has 5 nitrogen and oxygen atoms in total. The maximum atomic E-state index is 14.9. The van der Waals surface area contributed by atoms with Crippen LogP contribution in [0.4, 0.5) is 4.39 Å². The number of alkyl halides is 1. The van der Waals surface area contributed by atoms with Crippen molar-refractivity contribution in [3.8, 4) is 11.6 Å². The van der Waals surface area contributed by atoms with Crippen LogP contribution in [-0.4, -0.2) is 16.8 Å². The summed E-state index contributed by atoms with van der Waals surface area (Å²) in [5.41, 5.74) is 0.582. The highest BCUT2D eigenvalue weighted by atomic mass is 35.5. The van der Waals surface area contributed by atoms with Crippen LogP contribution in [0.5, 0.6) is 11.6 Å². The van der Waals surface area contributed by atoms with Gasteiger partial charge in [0.15, 0.2) is 0 Å². The Morgan fingerprint density at radius 2 is 1.73 bits per heavy atom. The fraction of sp³-hybridized carbons (Fsp3) is 0.0952. The van der Waals surface area contributed by atoms with Crippen LogP contribution in [0.2, 0.25) is 10.0 Å². The Kier molecular flexibility index (Phi) is 6.71. The lowest BCUT2D eigenvalue weighted by molar-refractivity contribution is 0.320. The number of nitrogens with one attached hydrogen (secondary N) is 2. The van der Waals surface area contributed by atoms with Gasteiger partial charge in [0.2, 0.25) is 17.7 Å². The highest BCUT2D eigenvalue weighted by Gasteiger charge is 2.27. The van der Waals surface area contributed by atoms with Crippen molar-refractivity contribution in [2.24, 2.45) is 0 Å². The zero-order valence-electron chi connectivity index (χ0n) is 15.7. The molecule has 0 aliphatic rings. The fourth-order valence-corrected chi connectivity index (χ4v) is 3.10. The van der Waals surface area contributed by atoms with Crippen molar-refractivity contribution in [1.29, 1.82) is 10.8 Å². The van der Waals surface area contributed by atoms with E-state index in [9.17, 15) is 4.39 Å². The van der Waals surface area contributed by atoms with Crippen molar-refractivity contribution < 1.29 is 13.9 Å². The number of benzene rings is 2. The van der Waals surface area contributed by atoms with Gasteiger partial charge in [0, 0.05) is 33.4 Å². The fourth-order valence-electron chi connectivity index (χ4n) is 2.55. The third kappa shape index (κ3) is 5.54. The molecule has 0 saturated heterocycles. The summed E-state index contributed by atoms with van der Waals surface area (Å²) in [6.07, 6.45) is 1.27. The third-order valence-corrected chi connectivity index (χ3v) is 4.78. The molecule has 9 heteroatoms. The summed E-state index contributed by atoms with van der Waals surface area (Å²) < 4.78 is 25.8. The first-order chi connectivity index (χ1) is 14.1. The number of halogens is 3. The van der Waals surface area contributed by atoms with E-state index in [1.807, 2.05) is 0 Å². The summed E-state index contributed by atoms with van der Waals surface area (Å²) in [6.45, 7) is 1.32. The van der Waals surface area contributed by atoms with E-state index in [0.717, 1.165) is 0 Å². The molecule has 0 spiro atoms. The highest BCUT2D eigenvalue weighted by Crippen LogP contribution is 2.37. The van der Waals surface area contributed by atoms with Gasteiger partial charge < -0.3 is 9.47 Å². The van der Waals surface area contributed by atoms with Gasteiger partial charge in [-0.1, -0.05) is 38.5 Å². The molecule has 2 unspecified atom stereocenters. The van der Waals surface area contributed by atoms with E-state index in [1.54, 1.807) is 42.5 Å². The molecule has 0 saturated carbocycles. The number of hydrogen-bond acceptors (Lipinski definition) is 5. The molecule has 1 aromatic heterocycles. The molecule has 3 aromatic rings. The van der Waals surface area contributed by atoms with Crippen LogP contribution in [0.1, 0.15) is 23.6 Å². The Bertz CT molecular complexity index is 1100. The number of rotatable bonds is 5. The van der Waals surface area contributed by atoms with E-state index >= 15 is 0 Å². The summed E-state index contributed by atoms with van der Waals surface area (Å²) in [6, 6.07) is 14.5. The van der Waals surface area contributed by atoms with Crippen molar-refractivity contribution in [2.75, 3.05) is 0 Å². The number of pyridine rings is 1. The summed E-state index contributed by atoms with van der Waals surface area (Å²) in [4.78, 5) is 4.14. The minimum absolute atomic E-state index is 0.0882. The Balaban J connectivity index is 1.87. The largest absolute Gasteiger partial charge is 0.439 e. The molecule has 154 valence electrons. The maximum absolute atomic E-state index is 14.9. The molecule has 0 fully saturated rings. The highest BCUT2D eigenvalue weighted by molar-refractivity contribution is 7.18. The first-order valence-electron chi connectivity index (χ1n) is 8.66. The lowest BCUT2D eigenvalue weighted by atomic mass is 10.1. The van der Waals surface area contributed by atoms with Crippen molar-refractivity contribution in [3.05, 3.63) is 87.5 Å². The number of ether oxygens (including phenoxy) is 2. The monoisotopic (exact) mass is 463 g/mol. The molecule has 0 aliphatic carbocycles. The van der Waals surface area contributed by atoms with Gasteiger partial charge in [-0.05, 0) is 49.4 Å². The smallest absolute Gasteiger partial charge is 0.223 e. The Labute approximate surface area is 185 Å². The van der Waals surface area contributed by atoms with E-state index in [1.165, 1.54) is 25.3 Å². The quantitative estimate of drug-likeness (QED) is 0.255. The van der Waals surface area contributed by atoms with Gasteiger partial charge in [0.1, 0.15) is 11.2 Å². The van der Waals surface area contributed by atoms with Crippen molar-refractivity contribution in [2.45, 2.75) is 12.3 Å². The first-order valence-corrected chi connectivity index (χ1v) is 10.00.